The van der Waals surface area contributed by atoms with E-state index in [4.69, 9.17) is 9.47 Å². The SMILES string of the molecule is O=C(Nc1ccc(Oc2ccnc3c2OCCCN3)cc1)c1c[nH]cc(-c2ccc(F)cc2)c1=O. The third kappa shape index (κ3) is 4.84. The Balaban J connectivity index is 1.31. The molecule has 0 aliphatic carbocycles. The van der Waals surface area contributed by atoms with E-state index in [0.29, 0.717) is 40.9 Å². The molecule has 4 aromatic rings. The van der Waals surface area contributed by atoms with E-state index in [1.54, 1.807) is 36.5 Å². The number of H-pyrrole nitrogens is 1. The fourth-order valence-corrected chi connectivity index (χ4v) is 3.66. The molecule has 1 amide bonds. The van der Waals surface area contributed by atoms with Gasteiger partial charge in [-0.3, -0.25) is 9.59 Å². The predicted octanol–water partition coefficient (Wildman–Crippen LogP) is 4.82. The number of nitrogens with one attached hydrogen (secondary N) is 3. The van der Waals surface area contributed by atoms with Crippen molar-refractivity contribution in [3.63, 3.8) is 0 Å². The van der Waals surface area contributed by atoms with Crippen molar-refractivity contribution in [2.24, 2.45) is 0 Å². The maximum atomic E-state index is 13.2. The lowest BCUT2D eigenvalue weighted by molar-refractivity contribution is 0.102. The summed E-state index contributed by atoms with van der Waals surface area (Å²) in [5.41, 5.74) is 0.753. The van der Waals surface area contributed by atoms with Crippen LogP contribution in [0.3, 0.4) is 0 Å². The number of halogens is 1. The second-order valence-electron chi connectivity index (χ2n) is 7.81. The molecule has 1 aliphatic heterocycles. The zero-order chi connectivity index (χ0) is 24.2. The summed E-state index contributed by atoms with van der Waals surface area (Å²) < 4.78 is 25.0. The van der Waals surface area contributed by atoms with Gasteiger partial charge in [0.05, 0.1) is 6.61 Å². The molecular formula is C26H21FN4O4. The van der Waals surface area contributed by atoms with Gasteiger partial charge < -0.3 is 25.1 Å². The summed E-state index contributed by atoms with van der Waals surface area (Å²) in [6, 6.07) is 14.0. The zero-order valence-electron chi connectivity index (χ0n) is 18.5. The summed E-state index contributed by atoms with van der Waals surface area (Å²) in [7, 11) is 0. The first-order valence-corrected chi connectivity index (χ1v) is 11.0. The Morgan fingerprint density at radius 2 is 1.86 bits per heavy atom. The highest BCUT2D eigenvalue weighted by Crippen LogP contribution is 2.37. The molecule has 0 saturated carbocycles. The van der Waals surface area contributed by atoms with Crippen LogP contribution >= 0.6 is 0 Å². The normalized spacial score (nSPS) is 12.5. The van der Waals surface area contributed by atoms with Crippen LogP contribution in [0.1, 0.15) is 16.8 Å². The number of hydrogen-bond donors (Lipinski definition) is 3. The topological polar surface area (TPSA) is 105 Å². The molecule has 8 nitrogen and oxygen atoms in total. The number of aromatic amines is 1. The maximum absolute atomic E-state index is 13.2. The number of aromatic nitrogens is 2. The van der Waals surface area contributed by atoms with Gasteiger partial charge in [-0.05, 0) is 48.4 Å². The molecule has 2 aromatic carbocycles. The van der Waals surface area contributed by atoms with E-state index in [-0.39, 0.29) is 11.1 Å². The van der Waals surface area contributed by atoms with Gasteiger partial charge in [0.1, 0.15) is 17.1 Å². The molecule has 176 valence electrons. The van der Waals surface area contributed by atoms with E-state index in [0.717, 1.165) is 13.0 Å². The Kier molecular flexibility index (Phi) is 6.13. The number of rotatable bonds is 5. The standard InChI is InChI=1S/C26H21FN4O4/c27-17-4-2-16(3-5-17)20-14-28-15-21(23(20)32)26(33)31-18-6-8-19(9-7-18)35-22-10-12-30-25-24(22)34-13-1-11-29-25/h2-10,12,14-15H,1,11,13H2,(H,28,32)(H,29,30)(H,31,33). The Morgan fingerprint density at radius 1 is 1.06 bits per heavy atom. The number of fused-ring (bicyclic) bond motifs is 1. The number of nitrogens with zero attached hydrogens (tertiary/aromatic N) is 1. The monoisotopic (exact) mass is 472 g/mol. The van der Waals surface area contributed by atoms with Crippen LogP contribution in [0.4, 0.5) is 15.9 Å². The van der Waals surface area contributed by atoms with Gasteiger partial charge >= 0.3 is 0 Å². The number of amides is 1. The van der Waals surface area contributed by atoms with E-state index in [9.17, 15) is 14.0 Å². The molecule has 0 bridgehead atoms. The minimum atomic E-state index is -0.567. The minimum absolute atomic E-state index is 0.0590. The fraction of sp³-hybridized carbons (Fsp3) is 0.115. The zero-order valence-corrected chi connectivity index (χ0v) is 18.5. The van der Waals surface area contributed by atoms with Gasteiger partial charge in [0.15, 0.2) is 11.6 Å². The first kappa shape index (κ1) is 22.1. The average Bonchev–Trinajstić information content (AvgIpc) is 3.12. The van der Waals surface area contributed by atoms with Crippen LogP contribution in [0.15, 0.2) is 78.0 Å². The average molecular weight is 472 g/mol. The van der Waals surface area contributed by atoms with Crippen molar-refractivity contribution in [3.05, 3.63) is 94.8 Å². The van der Waals surface area contributed by atoms with E-state index < -0.39 is 17.2 Å². The number of carbonyl (C=O) groups is 1. The third-order valence-electron chi connectivity index (χ3n) is 5.41. The van der Waals surface area contributed by atoms with Gasteiger partial charge in [0.25, 0.3) is 5.91 Å². The van der Waals surface area contributed by atoms with Crippen molar-refractivity contribution in [2.75, 3.05) is 23.8 Å². The largest absolute Gasteiger partial charge is 0.486 e. The Hall–Kier alpha value is -4.66. The van der Waals surface area contributed by atoms with Crippen LogP contribution in [0.5, 0.6) is 17.2 Å². The minimum Gasteiger partial charge on any atom is -0.486 e. The highest BCUT2D eigenvalue weighted by atomic mass is 19.1. The van der Waals surface area contributed by atoms with Gasteiger partial charge in [-0.1, -0.05) is 12.1 Å². The van der Waals surface area contributed by atoms with E-state index in [2.05, 4.69) is 20.6 Å². The van der Waals surface area contributed by atoms with Crippen molar-refractivity contribution in [3.8, 4) is 28.4 Å². The quantitative estimate of drug-likeness (QED) is 0.385. The molecule has 1 aliphatic rings. The number of pyridine rings is 2. The van der Waals surface area contributed by atoms with Crippen molar-refractivity contribution >= 4 is 17.4 Å². The van der Waals surface area contributed by atoms with E-state index >= 15 is 0 Å². The second kappa shape index (κ2) is 9.68. The van der Waals surface area contributed by atoms with Crippen molar-refractivity contribution in [1.82, 2.24) is 9.97 Å². The second-order valence-corrected chi connectivity index (χ2v) is 7.81. The molecule has 0 atom stereocenters. The van der Waals surface area contributed by atoms with Gasteiger partial charge in [0, 0.05) is 42.5 Å². The molecule has 0 fully saturated rings. The first-order valence-electron chi connectivity index (χ1n) is 11.0. The van der Waals surface area contributed by atoms with Crippen molar-refractivity contribution < 1.29 is 18.7 Å². The summed E-state index contributed by atoms with van der Waals surface area (Å²) in [6.07, 6.45) is 5.32. The van der Waals surface area contributed by atoms with Gasteiger partial charge in [-0.15, -0.1) is 0 Å². The lowest BCUT2D eigenvalue weighted by Crippen LogP contribution is -2.22. The summed E-state index contributed by atoms with van der Waals surface area (Å²) >= 11 is 0. The fourth-order valence-electron chi connectivity index (χ4n) is 3.66. The molecule has 3 N–H and O–H groups in total. The van der Waals surface area contributed by atoms with Gasteiger partial charge in [0.2, 0.25) is 11.2 Å². The molecular weight excluding hydrogens is 451 g/mol. The Labute approximate surface area is 199 Å². The van der Waals surface area contributed by atoms with Crippen LogP contribution in [-0.2, 0) is 0 Å². The number of benzene rings is 2. The Bertz CT molecular complexity index is 1420. The summed E-state index contributed by atoms with van der Waals surface area (Å²) in [5, 5.41) is 5.93. The molecule has 9 heteroatoms. The maximum Gasteiger partial charge on any atom is 0.261 e. The van der Waals surface area contributed by atoms with Crippen LogP contribution in [-0.4, -0.2) is 29.0 Å². The summed E-state index contributed by atoms with van der Waals surface area (Å²) in [4.78, 5) is 32.8. The van der Waals surface area contributed by atoms with Crippen LogP contribution in [0.2, 0.25) is 0 Å². The molecule has 0 radical (unpaired) electrons. The van der Waals surface area contributed by atoms with Crippen LogP contribution in [0, 0.1) is 5.82 Å². The number of ether oxygens (including phenoxy) is 2. The lowest BCUT2D eigenvalue weighted by atomic mass is 10.0. The molecule has 0 unspecified atom stereocenters. The molecule has 35 heavy (non-hydrogen) atoms. The van der Waals surface area contributed by atoms with Crippen LogP contribution < -0.4 is 25.5 Å². The summed E-state index contributed by atoms with van der Waals surface area (Å²) in [5.74, 6) is 1.29. The number of carbonyl (C=O) groups excluding carboxylic acids is 1. The highest BCUT2D eigenvalue weighted by Gasteiger charge is 2.17. The molecule has 5 rings (SSSR count). The van der Waals surface area contributed by atoms with E-state index in [1.165, 1.54) is 36.7 Å². The van der Waals surface area contributed by atoms with Crippen molar-refractivity contribution in [1.29, 1.82) is 0 Å². The van der Waals surface area contributed by atoms with Gasteiger partial charge in [-0.25, -0.2) is 9.37 Å². The lowest BCUT2D eigenvalue weighted by Gasteiger charge is -2.13. The first-order chi connectivity index (χ1) is 17.1. The van der Waals surface area contributed by atoms with Crippen LogP contribution in [0.25, 0.3) is 11.1 Å². The third-order valence-corrected chi connectivity index (χ3v) is 5.41. The molecule has 2 aromatic heterocycles. The molecule has 0 spiro atoms. The Morgan fingerprint density at radius 3 is 2.66 bits per heavy atom. The number of hydrogen-bond acceptors (Lipinski definition) is 6. The smallest absolute Gasteiger partial charge is 0.261 e. The van der Waals surface area contributed by atoms with Gasteiger partial charge in [-0.2, -0.15) is 0 Å². The molecule has 0 saturated heterocycles. The highest BCUT2D eigenvalue weighted by molar-refractivity contribution is 6.04. The number of anilines is 2. The van der Waals surface area contributed by atoms with E-state index in [1.807, 2.05) is 0 Å². The molecule has 3 heterocycles. The predicted molar refractivity (Wildman–Crippen MR) is 130 cm³/mol. The van der Waals surface area contributed by atoms with Crippen molar-refractivity contribution in [2.45, 2.75) is 6.42 Å². The summed E-state index contributed by atoms with van der Waals surface area (Å²) in [6.45, 7) is 1.34.